The van der Waals surface area contributed by atoms with E-state index in [1.165, 1.54) is 0 Å². The molecule has 0 saturated carbocycles. The van der Waals surface area contributed by atoms with Crippen molar-refractivity contribution < 1.29 is 4.79 Å². The van der Waals surface area contributed by atoms with Crippen molar-refractivity contribution in [3.63, 3.8) is 0 Å². The largest absolute Gasteiger partial charge is 0.326 e. The predicted octanol–water partition coefficient (Wildman–Crippen LogP) is 0.0200. The summed E-state index contributed by atoms with van der Waals surface area (Å²) in [6.45, 7) is 1.85. The molecule has 1 rings (SSSR count). The SMILES string of the molecule is CC1=CC(=O)N1. The Morgan fingerprint density at radius 1 is 1.83 bits per heavy atom. The van der Waals surface area contributed by atoms with Crippen molar-refractivity contribution in [3.8, 4) is 0 Å². The lowest BCUT2D eigenvalue weighted by Crippen LogP contribution is -2.28. The highest BCUT2D eigenvalue weighted by Crippen LogP contribution is 1.94. The third kappa shape index (κ3) is 0.302. The van der Waals surface area contributed by atoms with Crippen LogP contribution in [0, 0.1) is 0 Å². The summed E-state index contributed by atoms with van der Waals surface area (Å²) in [5, 5.41) is 2.53. The van der Waals surface area contributed by atoms with E-state index in [4.69, 9.17) is 0 Å². The lowest BCUT2D eigenvalue weighted by atomic mass is 10.3. The Morgan fingerprint density at radius 3 is 2.33 bits per heavy atom. The first-order valence-electron chi connectivity index (χ1n) is 1.78. The van der Waals surface area contributed by atoms with Gasteiger partial charge >= 0.3 is 0 Å². The smallest absolute Gasteiger partial charge is 0.249 e. The van der Waals surface area contributed by atoms with Crippen molar-refractivity contribution in [2.24, 2.45) is 0 Å². The molecule has 0 saturated heterocycles. The van der Waals surface area contributed by atoms with E-state index in [1.54, 1.807) is 6.08 Å². The first-order chi connectivity index (χ1) is 2.79. The van der Waals surface area contributed by atoms with Gasteiger partial charge in [-0.2, -0.15) is 0 Å². The van der Waals surface area contributed by atoms with E-state index < -0.39 is 0 Å². The number of carbonyl (C=O) groups is 1. The monoisotopic (exact) mass is 83.0 g/mol. The minimum atomic E-state index is 0.0208. The van der Waals surface area contributed by atoms with Crippen molar-refractivity contribution >= 4 is 5.91 Å². The number of nitrogens with one attached hydrogen (secondary N) is 1. The van der Waals surface area contributed by atoms with Crippen LogP contribution >= 0.6 is 0 Å². The van der Waals surface area contributed by atoms with Crippen LogP contribution in [0.3, 0.4) is 0 Å². The maximum Gasteiger partial charge on any atom is 0.249 e. The number of hydrogen-bond donors (Lipinski definition) is 1. The first kappa shape index (κ1) is 3.40. The van der Waals surface area contributed by atoms with E-state index in [0.717, 1.165) is 5.70 Å². The van der Waals surface area contributed by atoms with Crippen molar-refractivity contribution in [2.45, 2.75) is 6.92 Å². The molecule has 0 aromatic heterocycles. The van der Waals surface area contributed by atoms with Crippen molar-refractivity contribution in [1.82, 2.24) is 5.32 Å². The lowest BCUT2D eigenvalue weighted by Gasteiger charge is -2.08. The van der Waals surface area contributed by atoms with Crippen molar-refractivity contribution in [1.29, 1.82) is 0 Å². The Kier molecular flexibility index (Phi) is 0.473. The van der Waals surface area contributed by atoms with Crippen LogP contribution in [-0.2, 0) is 4.79 Å². The average Bonchev–Trinajstić information content (AvgIpc) is 1.33. The molecule has 1 N–H and O–H groups in total. The van der Waals surface area contributed by atoms with Gasteiger partial charge in [0, 0.05) is 11.8 Å². The summed E-state index contributed by atoms with van der Waals surface area (Å²) in [6, 6.07) is 0. The van der Waals surface area contributed by atoms with Crippen LogP contribution in [0.15, 0.2) is 11.8 Å². The Bertz CT molecular complexity index is 115. The van der Waals surface area contributed by atoms with Gasteiger partial charge < -0.3 is 5.32 Å². The van der Waals surface area contributed by atoms with Crippen LogP contribution in [0.5, 0.6) is 0 Å². The molecule has 0 bridgehead atoms. The second-order valence-electron chi connectivity index (χ2n) is 1.32. The van der Waals surface area contributed by atoms with Crippen LogP contribution in [-0.4, -0.2) is 5.91 Å². The highest BCUT2D eigenvalue weighted by molar-refractivity contribution is 5.95. The maximum absolute atomic E-state index is 9.92. The molecule has 2 nitrogen and oxygen atoms in total. The average molecular weight is 83.1 g/mol. The summed E-state index contributed by atoms with van der Waals surface area (Å²) in [6.07, 6.45) is 1.56. The molecule has 1 amide bonds. The molecular weight excluding hydrogens is 78.0 g/mol. The van der Waals surface area contributed by atoms with E-state index in [9.17, 15) is 4.79 Å². The number of hydrogen-bond acceptors (Lipinski definition) is 1. The Labute approximate surface area is 35.9 Å². The van der Waals surface area contributed by atoms with Gasteiger partial charge in [-0.25, -0.2) is 0 Å². The molecule has 6 heavy (non-hydrogen) atoms. The molecule has 0 aliphatic carbocycles. The molecule has 0 unspecified atom stereocenters. The molecule has 32 valence electrons. The van der Waals surface area contributed by atoms with E-state index >= 15 is 0 Å². The molecule has 0 spiro atoms. The molecule has 0 atom stereocenters. The highest BCUT2D eigenvalue weighted by Gasteiger charge is 2.05. The Morgan fingerprint density at radius 2 is 2.33 bits per heavy atom. The molecule has 0 radical (unpaired) electrons. The van der Waals surface area contributed by atoms with Gasteiger partial charge in [0.25, 0.3) is 0 Å². The fourth-order valence-electron chi connectivity index (χ4n) is 0.385. The van der Waals surface area contributed by atoms with Crippen LogP contribution in [0.1, 0.15) is 6.92 Å². The summed E-state index contributed by atoms with van der Waals surface area (Å²) in [4.78, 5) is 9.92. The zero-order chi connectivity index (χ0) is 4.57. The van der Waals surface area contributed by atoms with Gasteiger partial charge in [-0.1, -0.05) is 0 Å². The Balaban J connectivity index is 2.68. The van der Waals surface area contributed by atoms with Gasteiger partial charge in [0.2, 0.25) is 5.91 Å². The van der Waals surface area contributed by atoms with Gasteiger partial charge in [-0.3, -0.25) is 4.79 Å². The van der Waals surface area contributed by atoms with Gasteiger partial charge in [0.05, 0.1) is 0 Å². The quantitative estimate of drug-likeness (QED) is 0.439. The summed E-state index contributed by atoms with van der Waals surface area (Å²) in [7, 11) is 0. The number of carbonyl (C=O) groups excluding carboxylic acids is 1. The Hall–Kier alpha value is -0.790. The van der Waals surface area contributed by atoms with Crippen LogP contribution in [0.2, 0.25) is 0 Å². The normalized spacial score (nSPS) is 18.2. The van der Waals surface area contributed by atoms with Crippen molar-refractivity contribution in [3.05, 3.63) is 11.8 Å². The zero-order valence-corrected chi connectivity index (χ0v) is 3.49. The van der Waals surface area contributed by atoms with Crippen LogP contribution < -0.4 is 5.32 Å². The second kappa shape index (κ2) is 0.834. The zero-order valence-electron chi connectivity index (χ0n) is 3.49. The molecule has 0 aromatic carbocycles. The van der Waals surface area contributed by atoms with E-state index in [1.807, 2.05) is 6.92 Å². The molecule has 1 aliphatic rings. The molecule has 2 heteroatoms. The molecule has 0 aromatic rings. The summed E-state index contributed by atoms with van der Waals surface area (Å²) in [5.41, 5.74) is 0.958. The van der Waals surface area contributed by atoms with Gasteiger partial charge in [0.15, 0.2) is 0 Å². The van der Waals surface area contributed by atoms with Gasteiger partial charge in [-0.05, 0) is 6.92 Å². The van der Waals surface area contributed by atoms with E-state index in [0.29, 0.717) is 0 Å². The lowest BCUT2D eigenvalue weighted by molar-refractivity contribution is -0.117. The van der Waals surface area contributed by atoms with Crippen LogP contribution in [0.4, 0.5) is 0 Å². The van der Waals surface area contributed by atoms with Crippen LogP contribution in [0.25, 0.3) is 0 Å². The predicted molar refractivity (Wildman–Crippen MR) is 21.9 cm³/mol. The van der Waals surface area contributed by atoms with E-state index in [2.05, 4.69) is 5.32 Å². The minimum Gasteiger partial charge on any atom is -0.326 e. The number of allylic oxidation sites excluding steroid dienone is 1. The standard InChI is InChI=1S/C4H5NO/c1-3-2-4(6)5-3/h2H,1H3,(H,5,6). The van der Waals surface area contributed by atoms with Gasteiger partial charge in [-0.15, -0.1) is 0 Å². The molecule has 1 heterocycles. The van der Waals surface area contributed by atoms with Gasteiger partial charge in [0.1, 0.15) is 0 Å². The number of rotatable bonds is 0. The maximum atomic E-state index is 9.92. The number of amides is 1. The second-order valence-corrected chi connectivity index (χ2v) is 1.32. The molecule has 1 aliphatic heterocycles. The van der Waals surface area contributed by atoms with E-state index in [-0.39, 0.29) is 5.91 Å². The third-order valence-corrected chi connectivity index (χ3v) is 0.668. The summed E-state index contributed by atoms with van der Waals surface area (Å²) < 4.78 is 0. The fraction of sp³-hybridized carbons (Fsp3) is 0.250. The summed E-state index contributed by atoms with van der Waals surface area (Å²) >= 11 is 0. The van der Waals surface area contributed by atoms with Crippen molar-refractivity contribution in [2.75, 3.05) is 0 Å². The summed E-state index contributed by atoms with van der Waals surface area (Å²) in [5.74, 6) is 0.0208. The first-order valence-corrected chi connectivity index (χ1v) is 1.78. The highest BCUT2D eigenvalue weighted by atomic mass is 16.2. The minimum absolute atomic E-state index is 0.0208. The third-order valence-electron chi connectivity index (χ3n) is 0.668. The fourth-order valence-corrected chi connectivity index (χ4v) is 0.385. The topological polar surface area (TPSA) is 29.1 Å². The molecule has 0 fully saturated rings. The molecular formula is C4H5NO.